The summed E-state index contributed by atoms with van der Waals surface area (Å²) >= 11 is 0. The van der Waals surface area contributed by atoms with Gasteiger partial charge in [-0.1, -0.05) is 0 Å². The molecule has 0 spiro atoms. The number of benzene rings is 1. The van der Waals surface area contributed by atoms with E-state index >= 15 is 0 Å². The van der Waals surface area contributed by atoms with E-state index in [2.05, 4.69) is 0 Å². The molecule has 1 aliphatic carbocycles. The van der Waals surface area contributed by atoms with Gasteiger partial charge in [-0.05, 0) is 55.0 Å². The van der Waals surface area contributed by atoms with Crippen LogP contribution in [0.25, 0.3) is 0 Å². The van der Waals surface area contributed by atoms with Gasteiger partial charge in [0.05, 0.1) is 13.0 Å². The van der Waals surface area contributed by atoms with Crippen LogP contribution in [0.1, 0.15) is 29.0 Å². The molecule has 0 heterocycles. The van der Waals surface area contributed by atoms with Crippen LogP contribution >= 0.6 is 0 Å². The SMILES string of the molecule is COc1cc(C)c(C2CC2C(=O)O)c(C)c1. The topological polar surface area (TPSA) is 46.5 Å². The van der Waals surface area contributed by atoms with Gasteiger partial charge in [0.2, 0.25) is 0 Å². The molecule has 2 atom stereocenters. The Labute approximate surface area is 95.0 Å². The fourth-order valence-electron chi connectivity index (χ4n) is 2.42. The normalized spacial score (nSPS) is 22.9. The van der Waals surface area contributed by atoms with Gasteiger partial charge in [-0.25, -0.2) is 0 Å². The third kappa shape index (κ3) is 1.77. The maximum absolute atomic E-state index is 10.9. The second-order valence-electron chi connectivity index (χ2n) is 4.46. The highest BCUT2D eigenvalue weighted by molar-refractivity contribution is 5.75. The Morgan fingerprint density at radius 3 is 2.31 bits per heavy atom. The molecule has 1 N–H and O–H groups in total. The van der Waals surface area contributed by atoms with Crippen molar-refractivity contribution >= 4 is 5.97 Å². The first kappa shape index (κ1) is 11.0. The van der Waals surface area contributed by atoms with Crippen molar-refractivity contribution in [3.8, 4) is 5.75 Å². The molecule has 86 valence electrons. The van der Waals surface area contributed by atoms with Crippen LogP contribution in [-0.2, 0) is 4.79 Å². The smallest absolute Gasteiger partial charge is 0.307 e. The molecule has 3 heteroatoms. The number of aliphatic carboxylic acids is 1. The first-order valence-corrected chi connectivity index (χ1v) is 5.42. The Hall–Kier alpha value is -1.51. The standard InChI is InChI=1S/C13H16O3/c1-7-4-9(16-3)5-8(2)12(7)10-6-11(10)13(14)15/h4-5,10-11H,6H2,1-3H3,(H,14,15). The van der Waals surface area contributed by atoms with Gasteiger partial charge in [-0.15, -0.1) is 0 Å². The van der Waals surface area contributed by atoms with E-state index in [4.69, 9.17) is 9.84 Å². The fourth-order valence-corrected chi connectivity index (χ4v) is 2.42. The van der Waals surface area contributed by atoms with Gasteiger partial charge in [0.1, 0.15) is 5.75 Å². The number of aryl methyl sites for hydroxylation is 2. The van der Waals surface area contributed by atoms with Gasteiger partial charge >= 0.3 is 5.97 Å². The summed E-state index contributed by atoms with van der Waals surface area (Å²) in [6.45, 7) is 4.03. The van der Waals surface area contributed by atoms with Crippen LogP contribution in [0.15, 0.2) is 12.1 Å². The average Bonchev–Trinajstić information content (AvgIpc) is 2.96. The molecule has 1 saturated carbocycles. The number of methoxy groups -OCH3 is 1. The highest BCUT2D eigenvalue weighted by Crippen LogP contribution is 2.50. The lowest BCUT2D eigenvalue weighted by Gasteiger charge is -2.11. The van der Waals surface area contributed by atoms with Crippen LogP contribution in [0.3, 0.4) is 0 Å². The minimum absolute atomic E-state index is 0.189. The highest BCUT2D eigenvalue weighted by atomic mass is 16.5. The lowest BCUT2D eigenvalue weighted by atomic mass is 9.97. The van der Waals surface area contributed by atoms with Crippen molar-refractivity contribution in [2.45, 2.75) is 26.2 Å². The third-order valence-electron chi connectivity index (χ3n) is 3.28. The molecule has 0 aromatic heterocycles. The predicted molar refractivity (Wildman–Crippen MR) is 61.0 cm³/mol. The highest BCUT2D eigenvalue weighted by Gasteiger charge is 2.45. The monoisotopic (exact) mass is 220 g/mol. The van der Waals surface area contributed by atoms with E-state index in [9.17, 15) is 4.79 Å². The molecule has 16 heavy (non-hydrogen) atoms. The number of carboxylic acids is 1. The van der Waals surface area contributed by atoms with Gasteiger partial charge in [-0.2, -0.15) is 0 Å². The van der Waals surface area contributed by atoms with Crippen LogP contribution in [0.2, 0.25) is 0 Å². The number of hydrogen-bond acceptors (Lipinski definition) is 2. The maximum atomic E-state index is 10.9. The molecule has 0 bridgehead atoms. The summed E-state index contributed by atoms with van der Waals surface area (Å²) in [5.74, 6) is 0.167. The summed E-state index contributed by atoms with van der Waals surface area (Å²) in [4.78, 5) is 10.9. The zero-order valence-electron chi connectivity index (χ0n) is 9.78. The average molecular weight is 220 g/mol. The summed E-state index contributed by atoms with van der Waals surface area (Å²) in [5.41, 5.74) is 3.45. The first-order valence-electron chi connectivity index (χ1n) is 5.42. The van der Waals surface area contributed by atoms with E-state index < -0.39 is 5.97 Å². The number of ether oxygens (including phenoxy) is 1. The number of carbonyl (C=O) groups is 1. The second-order valence-corrected chi connectivity index (χ2v) is 4.46. The zero-order chi connectivity index (χ0) is 11.9. The Kier molecular flexibility index (Phi) is 2.62. The van der Waals surface area contributed by atoms with Crippen molar-refractivity contribution in [3.63, 3.8) is 0 Å². The van der Waals surface area contributed by atoms with Crippen molar-refractivity contribution in [2.75, 3.05) is 7.11 Å². The van der Waals surface area contributed by atoms with Gasteiger partial charge < -0.3 is 9.84 Å². The molecule has 0 aliphatic heterocycles. The van der Waals surface area contributed by atoms with Crippen LogP contribution < -0.4 is 4.74 Å². The van der Waals surface area contributed by atoms with E-state index in [1.807, 2.05) is 26.0 Å². The molecule has 0 amide bonds. The Morgan fingerprint density at radius 1 is 1.38 bits per heavy atom. The Bertz CT molecular complexity index is 414. The number of hydrogen-bond donors (Lipinski definition) is 1. The quantitative estimate of drug-likeness (QED) is 0.851. The first-order chi connectivity index (χ1) is 7.54. The lowest BCUT2D eigenvalue weighted by Crippen LogP contribution is -2.01. The van der Waals surface area contributed by atoms with Crippen LogP contribution in [0.5, 0.6) is 5.75 Å². The van der Waals surface area contributed by atoms with E-state index in [-0.39, 0.29) is 11.8 Å². The maximum Gasteiger partial charge on any atom is 0.307 e. The molecule has 0 saturated heterocycles. The van der Waals surface area contributed by atoms with E-state index in [1.54, 1.807) is 7.11 Å². The Balaban J connectivity index is 2.33. The zero-order valence-corrected chi connectivity index (χ0v) is 9.78. The lowest BCUT2D eigenvalue weighted by molar-refractivity contribution is -0.138. The predicted octanol–water partition coefficient (Wildman–Crippen LogP) is 2.50. The summed E-state index contributed by atoms with van der Waals surface area (Å²) in [6, 6.07) is 3.94. The molecule has 0 radical (unpaired) electrons. The molecule has 1 aromatic carbocycles. The largest absolute Gasteiger partial charge is 0.497 e. The minimum atomic E-state index is -0.681. The molecule has 2 unspecified atom stereocenters. The number of carboxylic acid groups (broad SMARTS) is 1. The van der Waals surface area contributed by atoms with Crippen molar-refractivity contribution in [1.29, 1.82) is 0 Å². The van der Waals surface area contributed by atoms with Crippen molar-refractivity contribution in [2.24, 2.45) is 5.92 Å². The minimum Gasteiger partial charge on any atom is -0.497 e. The molecule has 1 aromatic rings. The van der Waals surface area contributed by atoms with Gasteiger partial charge in [0.15, 0.2) is 0 Å². The van der Waals surface area contributed by atoms with Gasteiger partial charge in [0, 0.05) is 0 Å². The summed E-state index contributed by atoms with van der Waals surface area (Å²) < 4.78 is 5.19. The van der Waals surface area contributed by atoms with E-state index in [1.165, 1.54) is 5.56 Å². The molecule has 1 aliphatic rings. The van der Waals surface area contributed by atoms with Crippen LogP contribution in [0, 0.1) is 19.8 Å². The summed E-state index contributed by atoms with van der Waals surface area (Å²) in [6.07, 6.45) is 0.767. The molecule has 3 nitrogen and oxygen atoms in total. The van der Waals surface area contributed by atoms with Crippen LogP contribution in [0.4, 0.5) is 0 Å². The van der Waals surface area contributed by atoms with E-state index in [0.29, 0.717) is 0 Å². The molecular weight excluding hydrogens is 204 g/mol. The van der Waals surface area contributed by atoms with Crippen molar-refractivity contribution < 1.29 is 14.6 Å². The fraction of sp³-hybridized carbons (Fsp3) is 0.462. The van der Waals surface area contributed by atoms with E-state index in [0.717, 1.165) is 23.3 Å². The summed E-state index contributed by atoms with van der Waals surface area (Å²) in [7, 11) is 1.64. The molecular formula is C13H16O3. The Morgan fingerprint density at radius 2 is 1.94 bits per heavy atom. The van der Waals surface area contributed by atoms with Gasteiger partial charge in [-0.3, -0.25) is 4.79 Å². The van der Waals surface area contributed by atoms with Crippen LogP contribution in [-0.4, -0.2) is 18.2 Å². The molecule has 2 rings (SSSR count). The van der Waals surface area contributed by atoms with Gasteiger partial charge in [0.25, 0.3) is 0 Å². The number of rotatable bonds is 3. The molecule has 1 fully saturated rings. The third-order valence-corrected chi connectivity index (χ3v) is 3.28. The van der Waals surface area contributed by atoms with Crippen molar-refractivity contribution in [1.82, 2.24) is 0 Å². The van der Waals surface area contributed by atoms with Crippen molar-refractivity contribution in [3.05, 3.63) is 28.8 Å². The second kappa shape index (κ2) is 3.81. The summed E-state index contributed by atoms with van der Waals surface area (Å²) in [5, 5.41) is 8.94.